The van der Waals surface area contributed by atoms with E-state index in [1.165, 1.54) is 12.1 Å². The van der Waals surface area contributed by atoms with E-state index in [4.69, 9.17) is 0 Å². The quantitative estimate of drug-likeness (QED) is 0.606. The van der Waals surface area contributed by atoms with Gasteiger partial charge in [-0.1, -0.05) is 24.3 Å². The van der Waals surface area contributed by atoms with Crippen LogP contribution >= 0.6 is 0 Å². The molecule has 0 spiro atoms. The molecule has 2 atom stereocenters. The largest absolute Gasteiger partial charge is 0.384 e. The molecule has 1 aliphatic heterocycles. The van der Waals surface area contributed by atoms with E-state index in [2.05, 4.69) is 10.6 Å². The van der Waals surface area contributed by atoms with Gasteiger partial charge in [-0.15, -0.1) is 0 Å². The fourth-order valence-electron chi connectivity index (χ4n) is 4.50. The van der Waals surface area contributed by atoms with Crippen LogP contribution in [-0.4, -0.2) is 30.1 Å². The molecule has 3 aromatic rings. The van der Waals surface area contributed by atoms with E-state index >= 15 is 0 Å². The Morgan fingerprint density at radius 1 is 1.00 bits per heavy atom. The number of hydrogen-bond acceptors (Lipinski definition) is 3. The zero-order chi connectivity index (χ0) is 21.5. The first kappa shape index (κ1) is 19.8. The van der Waals surface area contributed by atoms with Gasteiger partial charge in [-0.25, -0.2) is 8.78 Å². The molecule has 3 N–H and O–H groups in total. The lowest BCUT2D eigenvalue weighted by Crippen LogP contribution is -2.36. The van der Waals surface area contributed by atoms with Crippen LogP contribution in [0.1, 0.15) is 45.1 Å². The SMILES string of the molecule is O=C(N[C@H]1CCNC1)c1ccc2c(c1)Cc1cc(-c3ccc(F)cc3F)ccc1C2O. The Labute approximate surface area is 178 Å². The molecular weight excluding hydrogens is 398 g/mol. The number of nitrogens with one attached hydrogen (secondary N) is 2. The highest BCUT2D eigenvalue weighted by Gasteiger charge is 2.26. The lowest BCUT2D eigenvalue weighted by atomic mass is 9.82. The van der Waals surface area contributed by atoms with Gasteiger partial charge in [0.1, 0.15) is 17.7 Å². The van der Waals surface area contributed by atoms with Crippen LogP contribution < -0.4 is 10.6 Å². The minimum absolute atomic E-state index is 0.126. The number of halogens is 2. The highest BCUT2D eigenvalue weighted by molar-refractivity contribution is 5.94. The van der Waals surface area contributed by atoms with Crippen molar-refractivity contribution < 1.29 is 18.7 Å². The molecule has 1 unspecified atom stereocenters. The second-order valence-corrected chi connectivity index (χ2v) is 8.19. The van der Waals surface area contributed by atoms with E-state index in [0.717, 1.165) is 47.8 Å². The van der Waals surface area contributed by atoms with Crippen LogP contribution in [0.15, 0.2) is 54.6 Å². The molecule has 0 saturated carbocycles. The summed E-state index contributed by atoms with van der Waals surface area (Å²) in [4.78, 5) is 12.6. The summed E-state index contributed by atoms with van der Waals surface area (Å²) in [5, 5.41) is 17.2. The van der Waals surface area contributed by atoms with Crippen molar-refractivity contribution in [3.63, 3.8) is 0 Å². The summed E-state index contributed by atoms with van der Waals surface area (Å²) in [7, 11) is 0. The number of fused-ring (bicyclic) bond motifs is 2. The average molecular weight is 420 g/mol. The van der Waals surface area contributed by atoms with Crippen LogP contribution in [0, 0.1) is 11.6 Å². The van der Waals surface area contributed by atoms with Gasteiger partial charge in [0.2, 0.25) is 0 Å². The molecule has 0 aromatic heterocycles. The number of hydrogen-bond donors (Lipinski definition) is 3. The van der Waals surface area contributed by atoms with E-state index in [9.17, 15) is 18.7 Å². The zero-order valence-corrected chi connectivity index (χ0v) is 16.8. The predicted octanol–water partition coefficient (Wildman–Crippen LogP) is 3.71. The minimum atomic E-state index is -0.818. The predicted molar refractivity (Wildman–Crippen MR) is 114 cm³/mol. The van der Waals surface area contributed by atoms with Gasteiger partial charge in [-0.3, -0.25) is 4.79 Å². The van der Waals surface area contributed by atoms with Crippen molar-refractivity contribution in [2.45, 2.75) is 25.0 Å². The molecule has 2 aliphatic rings. The minimum Gasteiger partial charge on any atom is -0.384 e. The van der Waals surface area contributed by atoms with Gasteiger partial charge in [-0.2, -0.15) is 0 Å². The average Bonchev–Trinajstić information content (AvgIpc) is 3.26. The maximum Gasteiger partial charge on any atom is 0.251 e. The third-order valence-electron chi connectivity index (χ3n) is 6.16. The van der Waals surface area contributed by atoms with Gasteiger partial charge >= 0.3 is 0 Å². The monoisotopic (exact) mass is 420 g/mol. The molecule has 1 heterocycles. The molecule has 0 radical (unpaired) electrons. The van der Waals surface area contributed by atoms with Crippen LogP contribution in [0.25, 0.3) is 11.1 Å². The third kappa shape index (κ3) is 3.73. The molecule has 1 saturated heterocycles. The summed E-state index contributed by atoms with van der Waals surface area (Å²) in [6, 6.07) is 14.4. The molecule has 3 aromatic carbocycles. The third-order valence-corrected chi connectivity index (χ3v) is 6.16. The summed E-state index contributed by atoms with van der Waals surface area (Å²) in [6.45, 7) is 1.67. The Balaban J connectivity index is 1.45. The second kappa shape index (κ2) is 7.87. The molecule has 1 fully saturated rings. The lowest BCUT2D eigenvalue weighted by molar-refractivity contribution is 0.0939. The van der Waals surface area contributed by atoms with Crippen molar-refractivity contribution >= 4 is 5.91 Å². The molecular formula is C25H22F2N2O2. The Kier molecular flexibility index (Phi) is 5.04. The van der Waals surface area contributed by atoms with Gasteiger partial charge in [0.05, 0.1) is 0 Å². The Hall–Kier alpha value is -3.09. The van der Waals surface area contributed by atoms with Crippen LogP contribution in [0.3, 0.4) is 0 Å². The Morgan fingerprint density at radius 3 is 2.52 bits per heavy atom. The van der Waals surface area contributed by atoms with Crippen LogP contribution in [0.2, 0.25) is 0 Å². The number of aliphatic hydroxyl groups excluding tert-OH is 1. The fourth-order valence-corrected chi connectivity index (χ4v) is 4.50. The topological polar surface area (TPSA) is 61.4 Å². The maximum absolute atomic E-state index is 14.3. The van der Waals surface area contributed by atoms with E-state index in [0.29, 0.717) is 23.1 Å². The summed E-state index contributed by atoms with van der Waals surface area (Å²) in [6.07, 6.45) is 0.609. The number of amides is 1. The van der Waals surface area contributed by atoms with Gasteiger partial charge in [-0.05, 0) is 71.5 Å². The molecule has 1 amide bonds. The summed E-state index contributed by atoms with van der Waals surface area (Å²) in [5.74, 6) is -1.38. The van der Waals surface area contributed by atoms with Crippen LogP contribution in [0.4, 0.5) is 8.78 Å². The van der Waals surface area contributed by atoms with Crippen LogP contribution in [-0.2, 0) is 6.42 Å². The van der Waals surface area contributed by atoms with Crippen molar-refractivity contribution in [3.05, 3.63) is 94.0 Å². The number of carbonyl (C=O) groups is 1. The van der Waals surface area contributed by atoms with Gasteiger partial charge in [0, 0.05) is 29.8 Å². The normalized spacial score (nSPS) is 19.6. The van der Waals surface area contributed by atoms with E-state index in [-0.39, 0.29) is 11.9 Å². The molecule has 158 valence electrons. The second-order valence-electron chi connectivity index (χ2n) is 8.19. The zero-order valence-electron chi connectivity index (χ0n) is 16.8. The van der Waals surface area contributed by atoms with Crippen LogP contribution in [0.5, 0.6) is 0 Å². The van der Waals surface area contributed by atoms with Gasteiger partial charge in [0.25, 0.3) is 5.91 Å². The summed E-state index contributed by atoms with van der Waals surface area (Å²) < 4.78 is 27.5. The molecule has 31 heavy (non-hydrogen) atoms. The lowest BCUT2D eigenvalue weighted by Gasteiger charge is -2.26. The standard InChI is InChI=1S/C25H22F2N2O2/c26-18-3-6-20(23(27)12-18)14-1-4-21-16(9-14)11-17-10-15(2-5-22(17)24(21)30)25(31)29-19-7-8-28-13-19/h1-6,9-10,12,19,24,28,30H,7-8,11,13H2,(H,29,31)/t19-,24?/m0/s1. The van der Waals surface area contributed by atoms with E-state index in [1.54, 1.807) is 24.3 Å². The maximum atomic E-state index is 14.3. The first-order valence-corrected chi connectivity index (χ1v) is 10.4. The van der Waals surface area contributed by atoms with E-state index in [1.807, 2.05) is 12.1 Å². The Morgan fingerprint density at radius 2 is 1.77 bits per heavy atom. The Bertz CT molecular complexity index is 1170. The van der Waals surface area contributed by atoms with Crippen molar-refractivity contribution in [1.82, 2.24) is 10.6 Å². The smallest absolute Gasteiger partial charge is 0.251 e. The number of benzene rings is 3. The molecule has 1 aliphatic carbocycles. The van der Waals surface area contributed by atoms with Crippen molar-refractivity contribution in [2.75, 3.05) is 13.1 Å². The highest BCUT2D eigenvalue weighted by atomic mass is 19.1. The molecule has 4 nitrogen and oxygen atoms in total. The number of rotatable bonds is 3. The highest BCUT2D eigenvalue weighted by Crippen LogP contribution is 2.37. The van der Waals surface area contributed by atoms with Crippen molar-refractivity contribution in [2.24, 2.45) is 0 Å². The fraction of sp³-hybridized carbons (Fsp3) is 0.240. The first-order chi connectivity index (χ1) is 15.0. The molecule has 0 bridgehead atoms. The van der Waals surface area contributed by atoms with E-state index < -0.39 is 17.7 Å². The van der Waals surface area contributed by atoms with Crippen molar-refractivity contribution in [3.8, 4) is 11.1 Å². The number of carbonyl (C=O) groups excluding carboxylic acids is 1. The first-order valence-electron chi connectivity index (χ1n) is 10.4. The van der Waals surface area contributed by atoms with Gasteiger partial charge in [0.15, 0.2) is 0 Å². The number of aliphatic hydroxyl groups is 1. The van der Waals surface area contributed by atoms with Crippen molar-refractivity contribution in [1.29, 1.82) is 0 Å². The van der Waals surface area contributed by atoms with Gasteiger partial charge < -0.3 is 15.7 Å². The molecule has 6 heteroatoms. The molecule has 5 rings (SSSR count). The summed E-state index contributed by atoms with van der Waals surface area (Å²) >= 11 is 0. The summed E-state index contributed by atoms with van der Waals surface area (Å²) in [5.41, 5.74) is 4.74.